The minimum Gasteiger partial charge on any atom is -0.344 e. The van der Waals surface area contributed by atoms with E-state index in [4.69, 9.17) is 0 Å². The third-order valence-electron chi connectivity index (χ3n) is 3.72. The maximum Gasteiger partial charge on any atom is 0.116 e. The molecule has 0 amide bonds. The molecular formula is C15H19N3. The average Bonchev–Trinajstić information content (AvgIpc) is 3.10. The van der Waals surface area contributed by atoms with Gasteiger partial charge < -0.3 is 10.3 Å². The van der Waals surface area contributed by atoms with Crippen LogP contribution in [0.3, 0.4) is 0 Å². The van der Waals surface area contributed by atoms with Crippen molar-refractivity contribution in [2.75, 3.05) is 6.54 Å². The van der Waals surface area contributed by atoms with Gasteiger partial charge in [0.25, 0.3) is 0 Å². The second-order valence-corrected chi connectivity index (χ2v) is 4.99. The van der Waals surface area contributed by atoms with Gasteiger partial charge >= 0.3 is 0 Å². The Hall–Kier alpha value is -1.61. The molecule has 0 aliphatic heterocycles. The van der Waals surface area contributed by atoms with Crippen molar-refractivity contribution in [1.82, 2.24) is 15.3 Å². The van der Waals surface area contributed by atoms with Crippen molar-refractivity contribution in [3.05, 3.63) is 53.6 Å². The first-order valence-corrected chi connectivity index (χ1v) is 6.66. The quantitative estimate of drug-likeness (QED) is 0.844. The molecule has 3 nitrogen and oxygen atoms in total. The maximum absolute atomic E-state index is 4.58. The molecule has 1 aliphatic rings. The van der Waals surface area contributed by atoms with Gasteiger partial charge in [0.15, 0.2) is 0 Å². The fraction of sp³-hybridized carbons (Fsp3) is 0.400. The van der Waals surface area contributed by atoms with Gasteiger partial charge in [-0.3, -0.25) is 0 Å². The molecule has 94 valence electrons. The molecule has 1 saturated carbocycles. The fourth-order valence-electron chi connectivity index (χ4n) is 2.50. The van der Waals surface area contributed by atoms with Crippen molar-refractivity contribution in [2.24, 2.45) is 0 Å². The van der Waals surface area contributed by atoms with E-state index in [9.17, 15) is 0 Å². The Balaban J connectivity index is 1.84. The largest absolute Gasteiger partial charge is 0.344 e. The Kier molecular flexibility index (Phi) is 2.92. The molecule has 0 atom stereocenters. The number of H-pyrrole nitrogens is 1. The van der Waals surface area contributed by atoms with Crippen molar-refractivity contribution in [2.45, 2.75) is 31.7 Å². The lowest BCUT2D eigenvalue weighted by atomic mass is 9.95. The molecule has 0 saturated heterocycles. The number of rotatable bonds is 5. The summed E-state index contributed by atoms with van der Waals surface area (Å²) in [6.45, 7) is 3.97. The molecule has 1 aromatic carbocycles. The van der Waals surface area contributed by atoms with Gasteiger partial charge in [0.1, 0.15) is 5.82 Å². The summed E-state index contributed by atoms with van der Waals surface area (Å²) in [5.41, 5.74) is 2.72. The monoisotopic (exact) mass is 241 g/mol. The molecule has 1 aliphatic carbocycles. The second-order valence-electron chi connectivity index (χ2n) is 4.99. The van der Waals surface area contributed by atoms with Crippen LogP contribution in [0.1, 0.15) is 36.8 Å². The third kappa shape index (κ3) is 1.95. The lowest BCUT2D eigenvalue weighted by Crippen LogP contribution is -2.13. The van der Waals surface area contributed by atoms with E-state index >= 15 is 0 Å². The van der Waals surface area contributed by atoms with Crippen LogP contribution in [0.4, 0.5) is 0 Å². The van der Waals surface area contributed by atoms with E-state index in [0.717, 1.165) is 18.9 Å². The number of benzene rings is 1. The zero-order valence-electron chi connectivity index (χ0n) is 10.7. The van der Waals surface area contributed by atoms with E-state index < -0.39 is 0 Å². The van der Waals surface area contributed by atoms with Crippen molar-refractivity contribution >= 4 is 0 Å². The highest BCUT2D eigenvalue weighted by atomic mass is 15.0. The third-order valence-corrected chi connectivity index (χ3v) is 3.72. The van der Waals surface area contributed by atoms with Crippen LogP contribution in [0.2, 0.25) is 0 Å². The lowest BCUT2D eigenvalue weighted by molar-refractivity contribution is 0.704. The van der Waals surface area contributed by atoms with Gasteiger partial charge in [-0.15, -0.1) is 0 Å². The van der Waals surface area contributed by atoms with Crippen molar-refractivity contribution in [1.29, 1.82) is 0 Å². The van der Waals surface area contributed by atoms with Crippen molar-refractivity contribution in [3.63, 3.8) is 0 Å². The Labute approximate surface area is 108 Å². The molecule has 0 radical (unpaired) electrons. The predicted octanol–water partition coefficient (Wildman–Crippen LogP) is 2.60. The molecule has 3 heteroatoms. The zero-order valence-corrected chi connectivity index (χ0v) is 10.7. The first kappa shape index (κ1) is 11.5. The maximum atomic E-state index is 4.58. The van der Waals surface area contributed by atoms with Crippen LogP contribution < -0.4 is 5.32 Å². The summed E-state index contributed by atoms with van der Waals surface area (Å²) in [4.78, 5) is 8.06. The van der Waals surface area contributed by atoms with Crippen LogP contribution in [0.15, 0.2) is 36.5 Å². The summed E-state index contributed by atoms with van der Waals surface area (Å²) in [6, 6.07) is 10.7. The van der Waals surface area contributed by atoms with Crippen LogP contribution in [-0.2, 0) is 12.0 Å². The SMILES string of the molecule is CCNCc1cnc(C2(c3ccccc3)CC2)[nH]1. The van der Waals surface area contributed by atoms with Crippen molar-refractivity contribution in [3.8, 4) is 0 Å². The second kappa shape index (κ2) is 4.58. The van der Waals surface area contributed by atoms with Crippen LogP contribution in [0, 0.1) is 0 Å². The molecule has 3 rings (SSSR count). The number of imidazole rings is 1. The normalized spacial score (nSPS) is 16.7. The molecule has 1 aromatic heterocycles. The molecule has 0 unspecified atom stereocenters. The van der Waals surface area contributed by atoms with E-state index in [1.54, 1.807) is 0 Å². The van der Waals surface area contributed by atoms with Crippen molar-refractivity contribution < 1.29 is 0 Å². The molecular weight excluding hydrogens is 222 g/mol. The standard InChI is InChI=1S/C15H19N3/c1-2-16-10-13-11-17-14(18-13)15(8-9-15)12-6-4-3-5-7-12/h3-7,11,16H,2,8-10H2,1H3,(H,17,18). The number of hydrogen-bond donors (Lipinski definition) is 2. The zero-order chi connectivity index (χ0) is 12.4. The van der Waals surface area contributed by atoms with Crippen LogP contribution in [0.5, 0.6) is 0 Å². The Bertz CT molecular complexity index is 512. The summed E-state index contributed by atoms with van der Waals surface area (Å²) in [5, 5.41) is 3.32. The highest BCUT2D eigenvalue weighted by Gasteiger charge is 2.48. The van der Waals surface area contributed by atoms with Gasteiger partial charge in [0.05, 0.1) is 5.41 Å². The summed E-state index contributed by atoms with van der Waals surface area (Å²) in [5.74, 6) is 1.13. The van der Waals surface area contributed by atoms with E-state index in [2.05, 4.69) is 52.5 Å². The summed E-state index contributed by atoms with van der Waals surface area (Å²) < 4.78 is 0. The first-order chi connectivity index (χ1) is 8.85. The van der Waals surface area contributed by atoms with Crippen LogP contribution in [-0.4, -0.2) is 16.5 Å². The van der Waals surface area contributed by atoms with Gasteiger partial charge in [-0.1, -0.05) is 37.3 Å². The van der Waals surface area contributed by atoms with Gasteiger partial charge in [0.2, 0.25) is 0 Å². The summed E-state index contributed by atoms with van der Waals surface area (Å²) >= 11 is 0. The molecule has 18 heavy (non-hydrogen) atoms. The van der Waals surface area contributed by atoms with Gasteiger partial charge in [-0.2, -0.15) is 0 Å². The number of nitrogens with one attached hydrogen (secondary N) is 2. The minimum atomic E-state index is 0.158. The fourth-order valence-corrected chi connectivity index (χ4v) is 2.50. The summed E-state index contributed by atoms with van der Waals surface area (Å²) in [7, 11) is 0. The molecule has 0 bridgehead atoms. The van der Waals surface area contributed by atoms with E-state index in [0.29, 0.717) is 0 Å². The minimum absolute atomic E-state index is 0.158. The highest BCUT2D eigenvalue weighted by molar-refractivity contribution is 5.39. The Morgan fingerprint density at radius 1 is 1.28 bits per heavy atom. The Morgan fingerprint density at radius 3 is 2.72 bits per heavy atom. The molecule has 1 fully saturated rings. The smallest absolute Gasteiger partial charge is 0.116 e. The summed E-state index contributed by atoms with van der Waals surface area (Å²) in [6.07, 6.45) is 4.36. The Morgan fingerprint density at radius 2 is 2.06 bits per heavy atom. The number of aromatic nitrogens is 2. The van der Waals surface area contributed by atoms with E-state index in [1.165, 1.54) is 24.1 Å². The van der Waals surface area contributed by atoms with Crippen LogP contribution in [0.25, 0.3) is 0 Å². The molecule has 2 N–H and O–H groups in total. The predicted molar refractivity (Wildman–Crippen MR) is 72.4 cm³/mol. The average molecular weight is 241 g/mol. The molecule has 2 aromatic rings. The topological polar surface area (TPSA) is 40.7 Å². The van der Waals surface area contributed by atoms with Gasteiger partial charge in [-0.25, -0.2) is 4.98 Å². The first-order valence-electron chi connectivity index (χ1n) is 6.66. The lowest BCUT2D eigenvalue weighted by Gasteiger charge is -2.12. The van der Waals surface area contributed by atoms with E-state index in [-0.39, 0.29) is 5.41 Å². The number of hydrogen-bond acceptors (Lipinski definition) is 2. The van der Waals surface area contributed by atoms with E-state index in [1.807, 2.05) is 6.20 Å². The molecule has 1 heterocycles. The molecule has 0 spiro atoms. The number of nitrogens with zero attached hydrogens (tertiary/aromatic N) is 1. The van der Waals surface area contributed by atoms with Crippen LogP contribution >= 0.6 is 0 Å². The highest BCUT2D eigenvalue weighted by Crippen LogP contribution is 2.52. The van der Waals surface area contributed by atoms with Gasteiger partial charge in [0, 0.05) is 18.4 Å². The number of aromatic amines is 1. The van der Waals surface area contributed by atoms with Gasteiger partial charge in [-0.05, 0) is 24.9 Å².